The predicted octanol–water partition coefficient (Wildman–Crippen LogP) is 8.64. The minimum Gasteiger partial charge on any atom is -0.496 e. The van der Waals surface area contributed by atoms with Crippen LogP contribution in [0.2, 0.25) is 0 Å². The number of aryl methyl sites for hydroxylation is 1. The topological polar surface area (TPSA) is 72.5 Å². The molecule has 46 heavy (non-hydrogen) atoms. The molecule has 1 aromatic rings. The van der Waals surface area contributed by atoms with E-state index in [1.807, 2.05) is 69.6 Å². The summed E-state index contributed by atoms with van der Waals surface area (Å²) >= 11 is 0. The van der Waals surface area contributed by atoms with Gasteiger partial charge >= 0.3 is 6.03 Å². The first-order valence-electron chi connectivity index (χ1n) is 17.9. The molecule has 8 nitrogen and oxygen atoms in total. The Labute approximate surface area is 283 Å². The zero-order chi connectivity index (χ0) is 34.8. The molecule has 1 fully saturated rings. The van der Waals surface area contributed by atoms with E-state index in [0.717, 1.165) is 82.3 Å². The number of benzene rings is 1. The highest BCUT2D eigenvalue weighted by Crippen LogP contribution is 2.25. The quantitative estimate of drug-likeness (QED) is 0.106. The minimum absolute atomic E-state index is 0.0284. The minimum atomic E-state index is 0.0284. The van der Waals surface area contributed by atoms with Crippen molar-refractivity contribution >= 4 is 6.03 Å². The largest absolute Gasteiger partial charge is 0.496 e. The van der Waals surface area contributed by atoms with Crippen LogP contribution < -0.4 is 10.1 Å². The standard InChI is InChI=1S/C26H41N3O4.C8H18O.2C2H6/c1-5-24(11-8-18-31-3)29-17-9-16-28(26(29)30)21-23-13-12-22(20-25(23)32-4)10-7-14-27-15-19-33-6-2;1-3-4-5-6-7-8-9-2;2*1-2/h5,8,11-13,20,27H,6-7,9-10,14-19,21H2,1-4H3;3-8H2,1-2H3;2*1-2H3/b11-8-,24-5+;;;. The lowest BCUT2D eigenvalue weighted by atomic mass is 10.1. The van der Waals surface area contributed by atoms with Crippen LogP contribution in [0.15, 0.2) is 42.1 Å². The molecule has 1 heterocycles. The van der Waals surface area contributed by atoms with E-state index in [0.29, 0.717) is 13.2 Å². The van der Waals surface area contributed by atoms with E-state index in [4.69, 9.17) is 18.9 Å². The first-order chi connectivity index (χ1) is 22.6. The molecule has 268 valence electrons. The second-order valence-electron chi connectivity index (χ2n) is 10.4. The number of rotatable bonds is 21. The first kappa shape index (κ1) is 45.7. The molecule has 0 unspecified atom stereocenters. The monoisotopic (exact) mass is 650 g/mol. The highest BCUT2D eigenvalue weighted by atomic mass is 16.5. The van der Waals surface area contributed by atoms with Crippen molar-refractivity contribution in [2.45, 2.75) is 106 Å². The number of unbranched alkanes of at least 4 members (excludes halogenated alkanes) is 4. The van der Waals surface area contributed by atoms with Gasteiger partial charge in [0.15, 0.2) is 0 Å². The van der Waals surface area contributed by atoms with Crippen LogP contribution in [-0.4, -0.2) is 89.8 Å². The molecule has 1 aromatic carbocycles. The predicted molar refractivity (Wildman–Crippen MR) is 196 cm³/mol. The van der Waals surface area contributed by atoms with Crippen LogP contribution in [0.25, 0.3) is 0 Å². The normalized spacial score (nSPS) is 13.0. The molecule has 0 atom stereocenters. The number of methoxy groups -OCH3 is 3. The Kier molecular flexibility index (Phi) is 33.8. The van der Waals surface area contributed by atoms with Gasteiger partial charge in [-0.25, -0.2) is 4.79 Å². The van der Waals surface area contributed by atoms with Crippen molar-refractivity contribution in [2.75, 3.05) is 73.9 Å². The number of allylic oxidation sites excluding steroid dienone is 2. The summed E-state index contributed by atoms with van der Waals surface area (Å²) in [6, 6.07) is 6.38. The maximum absolute atomic E-state index is 13.2. The molecule has 1 aliphatic rings. The zero-order valence-electron chi connectivity index (χ0n) is 31.4. The molecular weight excluding hydrogens is 578 g/mol. The van der Waals surface area contributed by atoms with Gasteiger partial charge in [-0.3, -0.25) is 4.90 Å². The fourth-order valence-electron chi connectivity index (χ4n) is 4.74. The zero-order valence-corrected chi connectivity index (χ0v) is 31.4. The van der Waals surface area contributed by atoms with Gasteiger partial charge in [0, 0.05) is 58.3 Å². The van der Waals surface area contributed by atoms with Crippen molar-refractivity contribution in [2.24, 2.45) is 0 Å². The summed E-state index contributed by atoms with van der Waals surface area (Å²) < 4.78 is 21.0. The summed E-state index contributed by atoms with van der Waals surface area (Å²) in [6.45, 7) is 21.0. The number of nitrogens with zero attached hydrogens (tertiary/aromatic N) is 2. The van der Waals surface area contributed by atoms with Crippen molar-refractivity contribution in [3.05, 3.63) is 53.3 Å². The van der Waals surface area contributed by atoms with Gasteiger partial charge in [0.2, 0.25) is 0 Å². The Morgan fingerprint density at radius 2 is 1.65 bits per heavy atom. The van der Waals surface area contributed by atoms with Crippen molar-refractivity contribution in [1.29, 1.82) is 0 Å². The highest BCUT2D eigenvalue weighted by Gasteiger charge is 2.27. The third-order valence-electron chi connectivity index (χ3n) is 7.08. The fourth-order valence-corrected chi connectivity index (χ4v) is 4.74. The van der Waals surface area contributed by atoms with Crippen LogP contribution >= 0.6 is 0 Å². The summed E-state index contributed by atoms with van der Waals surface area (Å²) in [4.78, 5) is 16.9. The lowest BCUT2D eigenvalue weighted by Crippen LogP contribution is -2.48. The molecule has 0 spiro atoms. The lowest BCUT2D eigenvalue weighted by Gasteiger charge is -2.36. The SMILES string of the molecule is C/C=C(\C=C/COC)N1CCCN(Cc2ccc(CCCNCCOCC)cc2OC)C1=O.CC.CC.CCCCCCCOC. The molecule has 0 bridgehead atoms. The van der Waals surface area contributed by atoms with E-state index in [1.165, 1.54) is 37.7 Å². The van der Waals surface area contributed by atoms with Crippen molar-refractivity contribution < 1.29 is 23.7 Å². The number of nitrogens with one attached hydrogen (secondary N) is 1. The van der Waals surface area contributed by atoms with E-state index < -0.39 is 0 Å². The van der Waals surface area contributed by atoms with E-state index in [9.17, 15) is 4.79 Å². The van der Waals surface area contributed by atoms with Crippen LogP contribution in [0.3, 0.4) is 0 Å². The van der Waals surface area contributed by atoms with Gasteiger partial charge in [-0.05, 0) is 63.8 Å². The summed E-state index contributed by atoms with van der Waals surface area (Å²) in [5.41, 5.74) is 3.18. The van der Waals surface area contributed by atoms with Gasteiger partial charge < -0.3 is 29.2 Å². The number of urea groups is 1. The van der Waals surface area contributed by atoms with Crippen molar-refractivity contribution in [3.63, 3.8) is 0 Å². The Morgan fingerprint density at radius 1 is 0.913 bits per heavy atom. The number of carbonyl (C=O) groups is 1. The average Bonchev–Trinajstić information content (AvgIpc) is 3.10. The van der Waals surface area contributed by atoms with Gasteiger partial charge in [0.05, 0.1) is 26.9 Å². The van der Waals surface area contributed by atoms with Crippen molar-refractivity contribution in [3.8, 4) is 5.75 Å². The second-order valence-corrected chi connectivity index (χ2v) is 10.4. The molecule has 0 radical (unpaired) electrons. The Balaban J connectivity index is 0. The van der Waals surface area contributed by atoms with Crippen LogP contribution in [-0.2, 0) is 27.2 Å². The molecule has 0 saturated carbocycles. The second kappa shape index (κ2) is 34.0. The number of ether oxygens (including phenoxy) is 4. The molecule has 2 amide bonds. The van der Waals surface area contributed by atoms with Gasteiger partial charge in [0.1, 0.15) is 5.75 Å². The Bertz CT molecular complexity index is 885. The smallest absolute Gasteiger partial charge is 0.324 e. The van der Waals surface area contributed by atoms with Crippen LogP contribution in [0, 0.1) is 0 Å². The maximum atomic E-state index is 13.2. The van der Waals surface area contributed by atoms with Gasteiger partial charge in [-0.2, -0.15) is 0 Å². The van der Waals surface area contributed by atoms with Gasteiger partial charge in [-0.1, -0.05) is 84.6 Å². The third-order valence-corrected chi connectivity index (χ3v) is 7.08. The molecule has 1 N–H and O–H groups in total. The van der Waals surface area contributed by atoms with Crippen LogP contribution in [0.5, 0.6) is 5.75 Å². The molecule has 1 saturated heterocycles. The molecular formula is C38H71N3O5. The maximum Gasteiger partial charge on any atom is 0.324 e. The van der Waals surface area contributed by atoms with Crippen molar-refractivity contribution in [1.82, 2.24) is 15.1 Å². The Morgan fingerprint density at radius 3 is 2.28 bits per heavy atom. The number of hydrogen-bond donors (Lipinski definition) is 1. The molecule has 2 rings (SSSR count). The summed E-state index contributed by atoms with van der Waals surface area (Å²) in [5.74, 6) is 0.841. The average molecular weight is 650 g/mol. The molecule has 1 aliphatic heterocycles. The van der Waals surface area contributed by atoms with Crippen LogP contribution in [0.1, 0.15) is 105 Å². The van der Waals surface area contributed by atoms with Crippen LogP contribution in [0.4, 0.5) is 4.79 Å². The Hall–Kier alpha value is -2.39. The van der Waals surface area contributed by atoms with E-state index >= 15 is 0 Å². The first-order valence-corrected chi connectivity index (χ1v) is 17.9. The summed E-state index contributed by atoms with van der Waals surface area (Å²) in [5, 5.41) is 3.40. The number of amides is 2. The molecule has 8 heteroatoms. The molecule has 0 aliphatic carbocycles. The van der Waals surface area contributed by atoms with E-state index in [-0.39, 0.29) is 6.03 Å². The molecule has 0 aromatic heterocycles. The summed E-state index contributed by atoms with van der Waals surface area (Å²) in [6.07, 6.45) is 15.5. The van der Waals surface area contributed by atoms with Gasteiger partial charge in [-0.15, -0.1) is 0 Å². The fraction of sp³-hybridized carbons (Fsp3) is 0.711. The summed E-state index contributed by atoms with van der Waals surface area (Å²) in [7, 11) is 5.12. The highest BCUT2D eigenvalue weighted by molar-refractivity contribution is 5.77. The lowest BCUT2D eigenvalue weighted by molar-refractivity contribution is 0.142. The number of carbonyl (C=O) groups excluding carboxylic acids is 1. The number of hydrogen-bond acceptors (Lipinski definition) is 6. The van der Waals surface area contributed by atoms with E-state index in [2.05, 4.69) is 30.4 Å². The van der Waals surface area contributed by atoms with E-state index in [1.54, 1.807) is 21.3 Å². The third kappa shape index (κ3) is 21.4. The van der Waals surface area contributed by atoms with Gasteiger partial charge in [0.25, 0.3) is 0 Å².